The molecule has 2 saturated heterocycles. The van der Waals surface area contributed by atoms with Gasteiger partial charge in [-0.15, -0.1) is 0 Å². The fourth-order valence-corrected chi connectivity index (χ4v) is 3.79. The van der Waals surface area contributed by atoms with Crippen LogP contribution in [0.15, 0.2) is 0 Å². The monoisotopic (exact) mass is 297 g/mol. The molecular weight excluding hydrogens is 262 g/mol. The van der Waals surface area contributed by atoms with Crippen LogP contribution >= 0.6 is 0 Å². The van der Waals surface area contributed by atoms with Gasteiger partial charge < -0.3 is 9.47 Å². The summed E-state index contributed by atoms with van der Waals surface area (Å²) in [7, 11) is 0. The Bertz CT molecular complexity index is 281. The Labute approximate surface area is 131 Å². The number of hydrogen-bond acceptors (Lipinski definition) is 3. The second kappa shape index (κ2) is 8.50. The predicted octanol–water partition coefficient (Wildman–Crippen LogP) is 4.70. The van der Waals surface area contributed by atoms with Crippen molar-refractivity contribution in [2.24, 2.45) is 0 Å². The molecule has 0 radical (unpaired) electrons. The van der Waals surface area contributed by atoms with E-state index in [9.17, 15) is 0 Å². The van der Waals surface area contributed by atoms with Gasteiger partial charge in [0.2, 0.25) is 5.91 Å². The summed E-state index contributed by atoms with van der Waals surface area (Å²) in [6.07, 6.45) is 14.0. The van der Waals surface area contributed by atoms with Crippen molar-refractivity contribution >= 4 is 0 Å². The molecule has 0 saturated carbocycles. The Morgan fingerprint density at radius 3 is 1.81 bits per heavy atom. The lowest BCUT2D eigenvalue weighted by Crippen LogP contribution is -2.40. The summed E-state index contributed by atoms with van der Waals surface area (Å²) in [6.45, 7) is 8.65. The van der Waals surface area contributed by atoms with Gasteiger partial charge in [0.25, 0.3) is 0 Å². The zero-order valence-corrected chi connectivity index (χ0v) is 14.4. The van der Waals surface area contributed by atoms with Gasteiger partial charge in [0.05, 0.1) is 12.2 Å². The van der Waals surface area contributed by atoms with Crippen molar-refractivity contribution in [2.75, 3.05) is 13.1 Å². The highest BCUT2D eigenvalue weighted by atomic mass is 16.7. The van der Waals surface area contributed by atoms with E-state index in [-0.39, 0.29) is 5.91 Å². The molecule has 2 atom stereocenters. The molecule has 21 heavy (non-hydrogen) atoms. The number of ether oxygens (including phenoxy) is 2. The number of fused-ring (bicyclic) bond motifs is 1. The third-order valence-electron chi connectivity index (χ3n) is 4.80. The van der Waals surface area contributed by atoms with Crippen molar-refractivity contribution in [2.45, 2.75) is 103 Å². The Balaban J connectivity index is 1.56. The quantitative estimate of drug-likeness (QED) is 0.546. The van der Waals surface area contributed by atoms with E-state index in [0.29, 0.717) is 12.2 Å². The standard InChI is InChI=1S/C18H35NO2/c1-4-5-6-7-8-9-10-11-12-13-18-19(14-16(2)20-18)15-17(3)21-18/h16-17H,4-15H2,1-3H3. The van der Waals surface area contributed by atoms with Gasteiger partial charge in [-0.3, -0.25) is 0 Å². The highest BCUT2D eigenvalue weighted by molar-refractivity contribution is 4.89. The zero-order valence-electron chi connectivity index (χ0n) is 14.4. The van der Waals surface area contributed by atoms with Crippen LogP contribution in [0.4, 0.5) is 0 Å². The van der Waals surface area contributed by atoms with Gasteiger partial charge in [-0.05, 0) is 20.3 Å². The Hall–Kier alpha value is -0.120. The van der Waals surface area contributed by atoms with Crippen LogP contribution in [0.25, 0.3) is 0 Å². The van der Waals surface area contributed by atoms with Gasteiger partial charge >= 0.3 is 0 Å². The number of hydrogen-bond donors (Lipinski definition) is 0. The molecule has 2 fully saturated rings. The topological polar surface area (TPSA) is 21.7 Å². The fourth-order valence-electron chi connectivity index (χ4n) is 3.79. The number of unbranched alkanes of at least 4 members (excludes halogenated alkanes) is 8. The molecule has 0 bridgehead atoms. The smallest absolute Gasteiger partial charge is 0.230 e. The van der Waals surface area contributed by atoms with Crippen molar-refractivity contribution in [3.8, 4) is 0 Å². The minimum atomic E-state index is -0.375. The molecule has 0 N–H and O–H groups in total. The van der Waals surface area contributed by atoms with E-state index in [1.54, 1.807) is 0 Å². The molecule has 0 amide bonds. The van der Waals surface area contributed by atoms with E-state index in [4.69, 9.17) is 9.47 Å². The van der Waals surface area contributed by atoms with Crippen LogP contribution in [0.2, 0.25) is 0 Å². The maximum absolute atomic E-state index is 6.12. The normalized spacial score (nSPS) is 32.7. The first-order chi connectivity index (χ1) is 10.2. The Kier molecular flexibility index (Phi) is 6.97. The number of rotatable bonds is 10. The van der Waals surface area contributed by atoms with Crippen molar-refractivity contribution in [3.63, 3.8) is 0 Å². The molecule has 0 aromatic rings. The third kappa shape index (κ3) is 4.94. The minimum absolute atomic E-state index is 0.316. The Morgan fingerprint density at radius 1 is 0.810 bits per heavy atom. The molecule has 0 aliphatic carbocycles. The molecule has 3 nitrogen and oxygen atoms in total. The summed E-state index contributed by atoms with van der Waals surface area (Å²) < 4.78 is 12.2. The summed E-state index contributed by atoms with van der Waals surface area (Å²) in [5.41, 5.74) is 0. The molecule has 0 aromatic heterocycles. The lowest BCUT2D eigenvalue weighted by Gasteiger charge is -2.29. The summed E-state index contributed by atoms with van der Waals surface area (Å²) in [5, 5.41) is 0. The van der Waals surface area contributed by atoms with Gasteiger partial charge in [-0.1, -0.05) is 58.3 Å². The first-order valence-corrected chi connectivity index (χ1v) is 9.27. The second-order valence-corrected chi connectivity index (χ2v) is 7.05. The predicted molar refractivity (Wildman–Crippen MR) is 87.2 cm³/mol. The molecule has 0 aromatic carbocycles. The minimum Gasteiger partial charge on any atom is -0.333 e. The van der Waals surface area contributed by atoms with Gasteiger partial charge in [0, 0.05) is 19.5 Å². The van der Waals surface area contributed by atoms with E-state index in [0.717, 1.165) is 19.5 Å². The van der Waals surface area contributed by atoms with Gasteiger partial charge in [-0.25, -0.2) is 4.90 Å². The molecule has 3 heteroatoms. The summed E-state index contributed by atoms with van der Waals surface area (Å²) in [5.74, 6) is -0.375. The molecule has 2 aliphatic rings. The molecular formula is C18H35NO2. The lowest BCUT2D eigenvalue weighted by atomic mass is 10.1. The van der Waals surface area contributed by atoms with Crippen LogP contribution in [0.5, 0.6) is 0 Å². The first kappa shape index (κ1) is 17.2. The molecule has 2 aliphatic heterocycles. The molecule has 2 unspecified atom stereocenters. The van der Waals surface area contributed by atoms with Crippen LogP contribution in [0, 0.1) is 0 Å². The van der Waals surface area contributed by atoms with Crippen LogP contribution in [-0.2, 0) is 9.47 Å². The maximum atomic E-state index is 6.12. The van der Waals surface area contributed by atoms with Crippen molar-refractivity contribution in [1.82, 2.24) is 4.90 Å². The van der Waals surface area contributed by atoms with E-state index >= 15 is 0 Å². The molecule has 2 heterocycles. The number of nitrogens with zero attached hydrogens (tertiary/aromatic N) is 1. The van der Waals surface area contributed by atoms with Crippen molar-refractivity contribution < 1.29 is 9.47 Å². The van der Waals surface area contributed by atoms with Crippen LogP contribution < -0.4 is 0 Å². The van der Waals surface area contributed by atoms with Gasteiger partial charge in [0.1, 0.15) is 0 Å². The Morgan fingerprint density at radius 2 is 1.29 bits per heavy atom. The lowest BCUT2D eigenvalue weighted by molar-refractivity contribution is -0.257. The van der Waals surface area contributed by atoms with E-state index in [1.165, 1.54) is 57.8 Å². The van der Waals surface area contributed by atoms with Gasteiger partial charge in [0.15, 0.2) is 0 Å². The molecule has 0 spiro atoms. The summed E-state index contributed by atoms with van der Waals surface area (Å²) >= 11 is 0. The highest BCUT2D eigenvalue weighted by Crippen LogP contribution is 2.39. The maximum Gasteiger partial charge on any atom is 0.230 e. The van der Waals surface area contributed by atoms with Crippen molar-refractivity contribution in [3.05, 3.63) is 0 Å². The van der Waals surface area contributed by atoms with E-state index in [2.05, 4.69) is 25.7 Å². The largest absolute Gasteiger partial charge is 0.333 e. The average Bonchev–Trinajstić information content (AvgIpc) is 2.87. The molecule has 124 valence electrons. The third-order valence-corrected chi connectivity index (χ3v) is 4.80. The highest BCUT2D eigenvalue weighted by Gasteiger charge is 2.51. The summed E-state index contributed by atoms with van der Waals surface area (Å²) in [6, 6.07) is 0. The molecule has 2 rings (SSSR count). The van der Waals surface area contributed by atoms with Crippen LogP contribution in [-0.4, -0.2) is 36.1 Å². The van der Waals surface area contributed by atoms with E-state index < -0.39 is 0 Å². The fraction of sp³-hybridized carbons (Fsp3) is 1.00. The van der Waals surface area contributed by atoms with Crippen LogP contribution in [0.3, 0.4) is 0 Å². The van der Waals surface area contributed by atoms with Gasteiger partial charge in [-0.2, -0.15) is 0 Å². The van der Waals surface area contributed by atoms with Crippen LogP contribution in [0.1, 0.15) is 85.0 Å². The summed E-state index contributed by atoms with van der Waals surface area (Å²) in [4.78, 5) is 2.41. The van der Waals surface area contributed by atoms with Crippen molar-refractivity contribution in [1.29, 1.82) is 0 Å². The van der Waals surface area contributed by atoms with E-state index in [1.807, 2.05) is 0 Å². The SMILES string of the molecule is CCCCCCCCCCCC12OC(C)CN1CC(C)O2. The zero-order chi connectivity index (χ0) is 15.1. The second-order valence-electron chi connectivity index (χ2n) is 7.05. The first-order valence-electron chi connectivity index (χ1n) is 9.27. The average molecular weight is 297 g/mol.